The Labute approximate surface area is 173 Å². The summed E-state index contributed by atoms with van der Waals surface area (Å²) in [5.41, 5.74) is 3.91. The van der Waals surface area contributed by atoms with Crippen LogP contribution in [0.2, 0.25) is 0 Å². The second-order valence-electron chi connectivity index (χ2n) is 7.94. The lowest BCUT2D eigenvalue weighted by Gasteiger charge is -2.24. The lowest BCUT2D eigenvalue weighted by molar-refractivity contribution is -0.131. The summed E-state index contributed by atoms with van der Waals surface area (Å²) in [6, 6.07) is 14.4. The van der Waals surface area contributed by atoms with Gasteiger partial charge in [0.05, 0.1) is 0 Å². The van der Waals surface area contributed by atoms with E-state index >= 15 is 0 Å². The van der Waals surface area contributed by atoms with Crippen LogP contribution in [0.15, 0.2) is 54.7 Å². The maximum Gasteiger partial charge on any atom is 0.325 e. The van der Waals surface area contributed by atoms with Crippen molar-refractivity contribution in [1.82, 2.24) is 15.2 Å². The van der Waals surface area contributed by atoms with Gasteiger partial charge in [0.15, 0.2) is 0 Å². The van der Waals surface area contributed by atoms with E-state index in [1.807, 2.05) is 61.7 Å². The summed E-state index contributed by atoms with van der Waals surface area (Å²) >= 11 is 0. The molecule has 2 N–H and O–H groups in total. The highest BCUT2D eigenvalue weighted by atomic mass is 16.2. The minimum Gasteiger partial charge on any atom is -0.361 e. The van der Waals surface area contributed by atoms with E-state index in [0.717, 1.165) is 39.0 Å². The first-order valence-corrected chi connectivity index (χ1v) is 10.1. The third-order valence-electron chi connectivity index (χ3n) is 5.98. The van der Waals surface area contributed by atoms with Gasteiger partial charge in [0.1, 0.15) is 12.6 Å². The van der Waals surface area contributed by atoms with Crippen LogP contribution in [-0.2, 0) is 22.4 Å². The van der Waals surface area contributed by atoms with Gasteiger partial charge in [-0.05, 0) is 36.6 Å². The van der Waals surface area contributed by atoms with Gasteiger partial charge < -0.3 is 15.2 Å². The second-order valence-corrected chi connectivity index (χ2v) is 7.94. The van der Waals surface area contributed by atoms with E-state index in [2.05, 4.69) is 10.3 Å². The summed E-state index contributed by atoms with van der Waals surface area (Å²) in [5, 5.41) is 3.76. The standard InChI is InChI=1S/C23H22N4O3/c1-14-10-15-6-2-5-9-20(15)27(14)21(28)13-26-22(29)19(25-23(26)30)11-16-12-24-18-8-4-3-7-17(16)18/h2-9,12,14,19,24H,10-11,13H2,1H3,(H,25,30)/t14-,19-/m0/s1. The molecule has 0 spiro atoms. The Morgan fingerprint density at radius 3 is 2.73 bits per heavy atom. The van der Waals surface area contributed by atoms with E-state index in [4.69, 9.17) is 0 Å². The van der Waals surface area contributed by atoms with Crippen LogP contribution in [0.4, 0.5) is 10.5 Å². The predicted molar refractivity (Wildman–Crippen MR) is 113 cm³/mol. The van der Waals surface area contributed by atoms with Crippen molar-refractivity contribution in [2.24, 2.45) is 0 Å². The van der Waals surface area contributed by atoms with Crippen LogP contribution in [0.3, 0.4) is 0 Å². The van der Waals surface area contributed by atoms with Crippen LogP contribution >= 0.6 is 0 Å². The number of H-pyrrole nitrogens is 1. The number of carbonyl (C=O) groups is 3. The van der Waals surface area contributed by atoms with Crippen LogP contribution in [0.5, 0.6) is 0 Å². The highest BCUT2D eigenvalue weighted by Crippen LogP contribution is 2.32. The third kappa shape index (κ3) is 2.94. The molecule has 3 heterocycles. The van der Waals surface area contributed by atoms with E-state index in [1.165, 1.54) is 0 Å². The maximum atomic E-state index is 13.0. The minimum absolute atomic E-state index is 0.00214. The molecular weight excluding hydrogens is 380 g/mol. The summed E-state index contributed by atoms with van der Waals surface area (Å²) < 4.78 is 0. The van der Waals surface area contributed by atoms with E-state index in [1.54, 1.807) is 4.90 Å². The molecule has 1 aromatic heterocycles. The van der Waals surface area contributed by atoms with E-state index in [0.29, 0.717) is 6.42 Å². The topological polar surface area (TPSA) is 85.5 Å². The first-order valence-electron chi connectivity index (χ1n) is 10.1. The molecule has 5 rings (SSSR count). The zero-order chi connectivity index (χ0) is 20.8. The number of urea groups is 1. The molecule has 0 unspecified atom stereocenters. The van der Waals surface area contributed by atoms with Gasteiger partial charge in [-0.1, -0.05) is 36.4 Å². The number of rotatable bonds is 4. The van der Waals surface area contributed by atoms with E-state index in [-0.39, 0.29) is 24.4 Å². The average Bonchev–Trinajstić information content (AvgIpc) is 3.38. The van der Waals surface area contributed by atoms with Crippen LogP contribution < -0.4 is 10.2 Å². The van der Waals surface area contributed by atoms with E-state index < -0.39 is 12.1 Å². The molecule has 2 aliphatic heterocycles. The molecule has 4 amide bonds. The Kier molecular flexibility index (Phi) is 4.31. The van der Waals surface area contributed by atoms with Gasteiger partial charge in [0.2, 0.25) is 5.91 Å². The average molecular weight is 402 g/mol. The predicted octanol–water partition coefficient (Wildman–Crippen LogP) is 2.61. The number of anilines is 1. The van der Waals surface area contributed by atoms with E-state index in [9.17, 15) is 14.4 Å². The maximum absolute atomic E-state index is 13.0. The minimum atomic E-state index is -0.673. The van der Waals surface area contributed by atoms with Gasteiger partial charge in [-0.2, -0.15) is 0 Å². The summed E-state index contributed by atoms with van der Waals surface area (Å²) in [4.78, 5) is 44.3. The van der Waals surface area contributed by atoms with Gasteiger partial charge in [0, 0.05) is 35.2 Å². The smallest absolute Gasteiger partial charge is 0.325 e. The fraction of sp³-hybridized carbons (Fsp3) is 0.261. The highest BCUT2D eigenvalue weighted by Gasteiger charge is 2.41. The monoisotopic (exact) mass is 402 g/mol. The number of para-hydroxylation sites is 2. The summed E-state index contributed by atoms with van der Waals surface area (Å²) in [5.74, 6) is -0.609. The first-order chi connectivity index (χ1) is 14.5. The lowest BCUT2D eigenvalue weighted by atomic mass is 10.1. The number of carbonyl (C=O) groups excluding carboxylic acids is 3. The molecule has 1 saturated heterocycles. The number of hydrogen-bond acceptors (Lipinski definition) is 3. The van der Waals surface area contributed by atoms with Crippen molar-refractivity contribution in [2.75, 3.05) is 11.4 Å². The van der Waals surface area contributed by atoms with Crippen molar-refractivity contribution in [1.29, 1.82) is 0 Å². The highest BCUT2D eigenvalue weighted by molar-refractivity contribution is 6.09. The normalized spacial score (nSPS) is 20.7. The Balaban J connectivity index is 1.32. The van der Waals surface area contributed by atoms with Crippen molar-refractivity contribution in [3.63, 3.8) is 0 Å². The van der Waals surface area contributed by atoms with Crippen LogP contribution in [0.25, 0.3) is 10.9 Å². The number of aromatic nitrogens is 1. The first kappa shape index (κ1) is 18.4. The summed E-state index contributed by atoms with van der Waals surface area (Å²) in [7, 11) is 0. The molecule has 2 atom stereocenters. The number of nitrogens with zero attached hydrogens (tertiary/aromatic N) is 2. The Morgan fingerprint density at radius 1 is 1.10 bits per heavy atom. The van der Waals surface area contributed by atoms with Crippen LogP contribution in [0, 0.1) is 0 Å². The molecule has 0 bridgehead atoms. The number of hydrogen-bond donors (Lipinski definition) is 2. The fourth-order valence-corrected chi connectivity index (χ4v) is 4.54. The summed E-state index contributed by atoms with van der Waals surface area (Å²) in [6.07, 6.45) is 3.01. The SMILES string of the molecule is C[C@H]1Cc2ccccc2N1C(=O)CN1C(=O)N[C@@H](Cc2c[nH]c3ccccc23)C1=O. The van der Waals surface area contributed by atoms with Gasteiger partial charge in [-0.25, -0.2) is 4.79 Å². The van der Waals surface area contributed by atoms with Gasteiger partial charge in [-0.15, -0.1) is 0 Å². The number of imide groups is 1. The second kappa shape index (κ2) is 7.02. The zero-order valence-corrected chi connectivity index (χ0v) is 16.6. The Bertz CT molecular complexity index is 1170. The molecule has 0 radical (unpaired) electrons. The molecule has 152 valence electrons. The van der Waals surface area contributed by atoms with Crippen molar-refractivity contribution in [3.8, 4) is 0 Å². The number of amides is 4. The largest absolute Gasteiger partial charge is 0.361 e. The van der Waals surface area contributed by atoms with Crippen molar-refractivity contribution in [2.45, 2.75) is 31.8 Å². The molecule has 2 aromatic carbocycles. The summed E-state index contributed by atoms with van der Waals surface area (Å²) in [6.45, 7) is 1.72. The molecule has 3 aromatic rings. The molecule has 0 aliphatic carbocycles. The third-order valence-corrected chi connectivity index (χ3v) is 5.98. The molecule has 7 heteroatoms. The number of nitrogens with one attached hydrogen (secondary N) is 2. The molecule has 7 nitrogen and oxygen atoms in total. The van der Waals surface area contributed by atoms with Gasteiger partial charge in [-0.3, -0.25) is 14.5 Å². The molecule has 2 aliphatic rings. The van der Waals surface area contributed by atoms with Gasteiger partial charge >= 0.3 is 6.03 Å². The lowest BCUT2D eigenvalue weighted by Crippen LogP contribution is -2.45. The Morgan fingerprint density at radius 2 is 1.87 bits per heavy atom. The zero-order valence-electron chi connectivity index (χ0n) is 16.6. The number of fused-ring (bicyclic) bond motifs is 2. The van der Waals surface area contributed by atoms with Crippen molar-refractivity contribution in [3.05, 3.63) is 65.9 Å². The van der Waals surface area contributed by atoms with Crippen LogP contribution in [0.1, 0.15) is 18.1 Å². The number of aromatic amines is 1. The van der Waals surface area contributed by atoms with Crippen molar-refractivity contribution < 1.29 is 14.4 Å². The van der Waals surface area contributed by atoms with Crippen molar-refractivity contribution >= 4 is 34.4 Å². The quantitative estimate of drug-likeness (QED) is 0.658. The molecule has 1 fully saturated rings. The van der Waals surface area contributed by atoms with Gasteiger partial charge in [0.25, 0.3) is 5.91 Å². The molecule has 30 heavy (non-hydrogen) atoms. The van der Waals surface area contributed by atoms with Crippen LogP contribution in [-0.4, -0.2) is 46.4 Å². The molecular formula is C23H22N4O3. The number of benzene rings is 2. The molecule has 0 saturated carbocycles. The Hall–Kier alpha value is -3.61. The fourth-order valence-electron chi connectivity index (χ4n) is 4.54.